The molecule has 0 aliphatic carbocycles. The van der Waals surface area contributed by atoms with Crippen molar-refractivity contribution in [3.05, 3.63) is 0 Å². The van der Waals surface area contributed by atoms with Crippen molar-refractivity contribution in [3.63, 3.8) is 0 Å². The smallest absolute Gasteiger partial charge is 0.0961 e. The third-order valence-electron chi connectivity index (χ3n) is 3.47. The third-order valence-corrected chi connectivity index (χ3v) is 3.47. The number of piperidine rings is 1. The first kappa shape index (κ1) is 9.97. The molecule has 2 fully saturated rings. The number of likely N-dealkylation sites (tertiary alicyclic amines) is 2. The Morgan fingerprint density at radius 1 is 1.29 bits per heavy atom. The molecule has 2 rings (SSSR count). The molecule has 0 unspecified atom stereocenters. The van der Waals surface area contributed by atoms with Gasteiger partial charge in [0.15, 0.2) is 0 Å². The SMILES string of the molecule is CC(C)N1CC(N2CCCCC2=N)C1. The van der Waals surface area contributed by atoms with E-state index in [1.165, 1.54) is 25.9 Å². The van der Waals surface area contributed by atoms with Crippen LogP contribution in [0.5, 0.6) is 0 Å². The molecule has 0 spiro atoms. The molecule has 2 aliphatic heterocycles. The summed E-state index contributed by atoms with van der Waals surface area (Å²) in [7, 11) is 0. The summed E-state index contributed by atoms with van der Waals surface area (Å²) in [5.41, 5.74) is 0. The van der Waals surface area contributed by atoms with Crippen molar-refractivity contribution in [2.24, 2.45) is 0 Å². The van der Waals surface area contributed by atoms with E-state index in [9.17, 15) is 0 Å². The second-order valence-corrected chi connectivity index (χ2v) is 4.80. The number of hydrogen-bond acceptors (Lipinski definition) is 2. The van der Waals surface area contributed by atoms with E-state index in [1.807, 2.05) is 0 Å². The van der Waals surface area contributed by atoms with E-state index in [2.05, 4.69) is 23.6 Å². The maximum absolute atomic E-state index is 7.89. The molecule has 0 saturated carbocycles. The number of nitrogens with zero attached hydrogens (tertiary/aromatic N) is 2. The first-order valence-electron chi connectivity index (χ1n) is 5.76. The van der Waals surface area contributed by atoms with E-state index in [0.717, 1.165) is 18.8 Å². The lowest BCUT2D eigenvalue weighted by molar-refractivity contribution is 0.0421. The van der Waals surface area contributed by atoms with Crippen LogP contribution in [0, 0.1) is 5.41 Å². The van der Waals surface area contributed by atoms with Crippen molar-refractivity contribution in [3.8, 4) is 0 Å². The molecule has 0 radical (unpaired) electrons. The number of hydrogen-bond donors (Lipinski definition) is 1. The minimum atomic E-state index is 0.644. The summed E-state index contributed by atoms with van der Waals surface area (Å²) in [6.07, 6.45) is 3.49. The highest BCUT2D eigenvalue weighted by Crippen LogP contribution is 2.22. The van der Waals surface area contributed by atoms with Gasteiger partial charge in [-0.3, -0.25) is 10.3 Å². The van der Waals surface area contributed by atoms with Crippen molar-refractivity contribution in [1.29, 1.82) is 5.41 Å². The number of nitrogens with one attached hydrogen (secondary N) is 1. The molecule has 2 heterocycles. The highest BCUT2D eigenvalue weighted by molar-refractivity contribution is 5.80. The molecule has 2 aliphatic rings. The molecule has 80 valence electrons. The molecule has 3 heteroatoms. The zero-order valence-corrected chi connectivity index (χ0v) is 9.29. The highest BCUT2D eigenvalue weighted by atomic mass is 15.3. The molecule has 0 amide bonds. The molecule has 0 aromatic rings. The van der Waals surface area contributed by atoms with Gasteiger partial charge in [-0.2, -0.15) is 0 Å². The van der Waals surface area contributed by atoms with E-state index in [4.69, 9.17) is 5.41 Å². The lowest BCUT2D eigenvalue weighted by Crippen LogP contribution is -2.63. The average molecular weight is 195 g/mol. The van der Waals surface area contributed by atoms with Crippen molar-refractivity contribution >= 4 is 5.84 Å². The van der Waals surface area contributed by atoms with Gasteiger partial charge in [-0.05, 0) is 26.7 Å². The number of amidine groups is 1. The van der Waals surface area contributed by atoms with Crippen molar-refractivity contribution in [2.45, 2.75) is 45.2 Å². The van der Waals surface area contributed by atoms with Gasteiger partial charge in [-0.25, -0.2) is 0 Å². The van der Waals surface area contributed by atoms with Crippen LogP contribution in [0.25, 0.3) is 0 Å². The summed E-state index contributed by atoms with van der Waals surface area (Å²) in [6, 6.07) is 1.32. The Labute approximate surface area is 86.6 Å². The van der Waals surface area contributed by atoms with Gasteiger partial charge in [0.1, 0.15) is 0 Å². The van der Waals surface area contributed by atoms with E-state index in [-0.39, 0.29) is 0 Å². The van der Waals surface area contributed by atoms with Crippen LogP contribution in [0.15, 0.2) is 0 Å². The molecule has 2 saturated heterocycles. The minimum Gasteiger partial charge on any atom is -0.355 e. The Morgan fingerprint density at radius 3 is 2.57 bits per heavy atom. The van der Waals surface area contributed by atoms with Crippen LogP contribution in [0.3, 0.4) is 0 Å². The zero-order chi connectivity index (χ0) is 10.1. The molecule has 0 aromatic heterocycles. The molecular weight excluding hydrogens is 174 g/mol. The maximum Gasteiger partial charge on any atom is 0.0961 e. The fraction of sp³-hybridized carbons (Fsp3) is 0.909. The second-order valence-electron chi connectivity index (χ2n) is 4.80. The maximum atomic E-state index is 7.89. The second kappa shape index (κ2) is 3.89. The average Bonchev–Trinajstić information content (AvgIpc) is 2.05. The van der Waals surface area contributed by atoms with Gasteiger partial charge in [-0.15, -0.1) is 0 Å². The summed E-state index contributed by atoms with van der Waals surface area (Å²) >= 11 is 0. The summed E-state index contributed by atoms with van der Waals surface area (Å²) in [6.45, 7) is 7.95. The lowest BCUT2D eigenvalue weighted by atomic mass is 10.0. The normalized spacial score (nSPS) is 25.6. The van der Waals surface area contributed by atoms with Crippen LogP contribution >= 0.6 is 0 Å². The predicted molar refractivity (Wildman–Crippen MR) is 58.8 cm³/mol. The zero-order valence-electron chi connectivity index (χ0n) is 9.29. The van der Waals surface area contributed by atoms with Crippen LogP contribution < -0.4 is 0 Å². The van der Waals surface area contributed by atoms with Gasteiger partial charge in [0.25, 0.3) is 0 Å². The predicted octanol–water partition coefficient (Wildman–Crippen LogP) is 1.54. The fourth-order valence-electron chi connectivity index (χ4n) is 2.36. The van der Waals surface area contributed by atoms with E-state index >= 15 is 0 Å². The molecule has 3 nitrogen and oxygen atoms in total. The molecular formula is C11H21N3. The molecule has 14 heavy (non-hydrogen) atoms. The van der Waals surface area contributed by atoms with Crippen LogP contribution in [0.4, 0.5) is 0 Å². The Hall–Kier alpha value is -0.570. The van der Waals surface area contributed by atoms with Crippen LogP contribution in [0.2, 0.25) is 0 Å². The largest absolute Gasteiger partial charge is 0.355 e. The summed E-state index contributed by atoms with van der Waals surface area (Å²) in [5, 5.41) is 7.89. The van der Waals surface area contributed by atoms with Crippen LogP contribution in [0.1, 0.15) is 33.1 Å². The summed E-state index contributed by atoms with van der Waals surface area (Å²) < 4.78 is 0. The third kappa shape index (κ3) is 1.78. The Bertz CT molecular complexity index is 219. The fourth-order valence-corrected chi connectivity index (χ4v) is 2.36. The quantitative estimate of drug-likeness (QED) is 0.724. The first-order chi connectivity index (χ1) is 6.68. The van der Waals surface area contributed by atoms with E-state index in [1.54, 1.807) is 0 Å². The van der Waals surface area contributed by atoms with Gasteiger partial charge in [0.05, 0.1) is 11.9 Å². The topological polar surface area (TPSA) is 30.3 Å². The molecule has 0 atom stereocenters. The van der Waals surface area contributed by atoms with Crippen LogP contribution in [-0.4, -0.2) is 47.4 Å². The molecule has 0 bridgehead atoms. The van der Waals surface area contributed by atoms with Crippen molar-refractivity contribution in [2.75, 3.05) is 19.6 Å². The van der Waals surface area contributed by atoms with Gasteiger partial charge in [0, 0.05) is 32.1 Å². The molecule has 1 N–H and O–H groups in total. The first-order valence-corrected chi connectivity index (χ1v) is 5.76. The van der Waals surface area contributed by atoms with Gasteiger partial charge < -0.3 is 4.90 Å². The Kier molecular flexibility index (Phi) is 2.77. The summed E-state index contributed by atoms with van der Waals surface area (Å²) in [5.74, 6) is 0.879. The van der Waals surface area contributed by atoms with Crippen molar-refractivity contribution in [1.82, 2.24) is 9.80 Å². The van der Waals surface area contributed by atoms with Gasteiger partial charge in [-0.1, -0.05) is 0 Å². The van der Waals surface area contributed by atoms with Gasteiger partial charge in [0.2, 0.25) is 0 Å². The molecule has 0 aromatic carbocycles. The standard InChI is InChI=1S/C11H21N3/c1-9(2)13-7-10(8-13)14-6-4-3-5-11(14)12/h9-10,12H,3-8H2,1-2H3. The lowest BCUT2D eigenvalue weighted by Gasteiger charge is -2.49. The van der Waals surface area contributed by atoms with E-state index in [0.29, 0.717) is 12.1 Å². The number of rotatable bonds is 2. The van der Waals surface area contributed by atoms with Crippen LogP contribution in [-0.2, 0) is 0 Å². The van der Waals surface area contributed by atoms with E-state index < -0.39 is 0 Å². The minimum absolute atomic E-state index is 0.644. The van der Waals surface area contributed by atoms with Gasteiger partial charge >= 0.3 is 0 Å². The Balaban J connectivity index is 1.83. The highest BCUT2D eigenvalue weighted by Gasteiger charge is 2.34. The van der Waals surface area contributed by atoms with Crippen molar-refractivity contribution < 1.29 is 0 Å². The monoisotopic (exact) mass is 195 g/mol. The Morgan fingerprint density at radius 2 is 2.00 bits per heavy atom. The summed E-state index contributed by atoms with van der Waals surface area (Å²) in [4.78, 5) is 4.80.